The summed E-state index contributed by atoms with van der Waals surface area (Å²) in [6, 6.07) is 12.8. The Kier molecular flexibility index (Phi) is 8.66. The van der Waals surface area contributed by atoms with Gasteiger partial charge in [0.05, 0.1) is 23.6 Å². The Hall–Kier alpha value is -3.42. The van der Waals surface area contributed by atoms with E-state index in [9.17, 15) is 14.7 Å². The monoisotopic (exact) mass is 585 g/mol. The highest BCUT2D eigenvalue weighted by molar-refractivity contribution is 8.03. The van der Waals surface area contributed by atoms with Crippen LogP contribution in [0.25, 0.3) is 16.3 Å². The summed E-state index contributed by atoms with van der Waals surface area (Å²) in [5.41, 5.74) is 7.35. The van der Waals surface area contributed by atoms with Crippen molar-refractivity contribution in [1.29, 1.82) is 0 Å². The topological polar surface area (TPSA) is 61.5 Å². The lowest BCUT2D eigenvalue weighted by molar-refractivity contribution is -0.667. The van der Waals surface area contributed by atoms with E-state index in [1.165, 1.54) is 37.4 Å². The maximum Gasteiger partial charge on any atom is 0.305 e. The Morgan fingerprint density at radius 1 is 1.07 bits per heavy atom. The van der Waals surface area contributed by atoms with Crippen LogP contribution in [0.2, 0.25) is 0 Å². The molecule has 7 heteroatoms. The van der Waals surface area contributed by atoms with Gasteiger partial charge >= 0.3 is 5.97 Å². The highest BCUT2D eigenvalue weighted by Crippen LogP contribution is 2.47. The molecular formula is C34H37N2O3S2+. The van der Waals surface area contributed by atoms with Crippen LogP contribution >= 0.6 is 23.1 Å². The number of anilines is 1. The van der Waals surface area contributed by atoms with E-state index in [0.29, 0.717) is 19.5 Å². The molecule has 0 saturated heterocycles. The number of hydrogen-bond acceptors (Lipinski definition) is 5. The summed E-state index contributed by atoms with van der Waals surface area (Å²) in [4.78, 5) is 25.8. The van der Waals surface area contributed by atoms with E-state index in [4.69, 9.17) is 0 Å². The number of carboxylic acid groups (broad SMARTS) is 1. The van der Waals surface area contributed by atoms with Gasteiger partial charge in [-0.25, -0.2) is 0 Å². The number of fused-ring (bicyclic) bond motifs is 2. The Balaban J connectivity index is 1.44. The summed E-state index contributed by atoms with van der Waals surface area (Å²) in [6.07, 6.45) is 14.6. The van der Waals surface area contributed by atoms with Crippen LogP contribution in [0.1, 0.15) is 55.7 Å². The number of carbonyl (C=O) groups is 2. The first kappa shape index (κ1) is 29.1. The van der Waals surface area contributed by atoms with Gasteiger partial charge in [-0.3, -0.25) is 4.79 Å². The molecule has 1 aromatic heterocycles. The zero-order valence-electron chi connectivity index (χ0n) is 24.1. The number of carbonyl (C=O) groups excluding carboxylic acids is 1. The first-order chi connectivity index (χ1) is 19.6. The van der Waals surface area contributed by atoms with Gasteiger partial charge < -0.3 is 14.8 Å². The first-order valence-electron chi connectivity index (χ1n) is 14.1. The number of nitrogens with zero attached hydrogens (tertiary/aromatic N) is 2. The van der Waals surface area contributed by atoms with Crippen molar-refractivity contribution in [2.45, 2.75) is 64.8 Å². The smallest absolute Gasteiger partial charge is 0.305 e. The van der Waals surface area contributed by atoms with Gasteiger partial charge in [-0.1, -0.05) is 67.3 Å². The number of thioether (sulfide) groups is 1. The normalized spacial score (nSPS) is 18.4. The Morgan fingerprint density at radius 3 is 2.63 bits per heavy atom. The van der Waals surface area contributed by atoms with Gasteiger partial charge in [-0.15, -0.1) is 0 Å². The molecule has 2 aromatic carbocycles. The summed E-state index contributed by atoms with van der Waals surface area (Å²) >= 11 is 3.47. The lowest BCUT2D eigenvalue weighted by Gasteiger charge is -2.30. The molecule has 2 aliphatic rings. The van der Waals surface area contributed by atoms with E-state index in [1.807, 2.05) is 0 Å². The SMILES string of the molecule is Cc1ccc2c(c1)S/C(=C\C=C1C=C(/C=C/c3sc4cc(C)ccc4[n+]3CCC=O)CC(C)(C)C\1)N2CCC(=O)O. The zero-order chi connectivity index (χ0) is 29.1. The molecule has 0 spiro atoms. The summed E-state index contributed by atoms with van der Waals surface area (Å²) < 4.78 is 3.49. The first-order valence-corrected chi connectivity index (χ1v) is 15.7. The van der Waals surface area contributed by atoms with Crippen molar-refractivity contribution in [3.05, 3.63) is 93.0 Å². The largest absolute Gasteiger partial charge is 0.481 e. The second kappa shape index (κ2) is 12.2. The molecule has 5 nitrogen and oxygen atoms in total. The summed E-state index contributed by atoms with van der Waals surface area (Å²) in [7, 11) is 0. The average Bonchev–Trinajstić information content (AvgIpc) is 3.43. The van der Waals surface area contributed by atoms with Crippen LogP contribution in [0.3, 0.4) is 0 Å². The van der Waals surface area contributed by atoms with Crippen molar-refractivity contribution in [2.24, 2.45) is 5.41 Å². The average molecular weight is 586 g/mol. The molecule has 3 aromatic rings. The molecule has 1 aliphatic heterocycles. The molecular weight excluding hydrogens is 549 g/mol. The number of rotatable bonds is 9. The van der Waals surface area contributed by atoms with E-state index in [-0.39, 0.29) is 11.8 Å². The van der Waals surface area contributed by atoms with Crippen LogP contribution in [-0.2, 0) is 16.1 Å². The summed E-state index contributed by atoms with van der Waals surface area (Å²) in [6.45, 7) is 9.93. The Bertz CT molecular complexity index is 1620. The number of aromatic nitrogens is 1. The summed E-state index contributed by atoms with van der Waals surface area (Å²) in [5, 5.41) is 11.5. The minimum Gasteiger partial charge on any atom is -0.481 e. The van der Waals surface area contributed by atoms with Crippen molar-refractivity contribution >= 4 is 57.3 Å². The van der Waals surface area contributed by atoms with E-state index >= 15 is 0 Å². The van der Waals surface area contributed by atoms with Gasteiger partial charge in [0, 0.05) is 23.6 Å². The van der Waals surface area contributed by atoms with Gasteiger partial charge in [0.2, 0.25) is 5.52 Å². The van der Waals surface area contributed by atoms with Gasteiger partial charge in [-0.05, 0) is 78.7 Å². The van der Waals surface area contributed by atoms with Gasteiger partial charge in [0.25, 0.3) is 5.01 Å². The number of benzene rings is 2. The number of carboxylic acids is 1. The maximum absolute atomic E-state index is 11.3. The number of aldehydes is 1. The van der Waals surface area contributed by atoms with Crippen molar-refractivity contribution in [3.63, 3.8) is 0 Å². The van der Waals surface area contributed by atoms with Crippen LogP contribution in [0, 0.1) is 19.3 Å². The molecule has 0 amide bonds. The lowest BCUT2D eigenvalue weighted by atomic mass is 9.75. The van der Waals surface area contributed by atoms with Gasteiger partial charge in [0.1, 0.15) is 11.0 Å². The molecule has 0 unspecified atom stereocenters. The number of aliphatic carboxylic acids is 1. The highest BCUT2D eigenvalue weighted by atomic mass is 32.2. The standard InChI is InChI=1S/C34H36N2O3S2/c1-23-6-10-27-29(18-23)40-31(35(27)15-5-17-37)12-8-25-20-26(22-34(3,4)21-25)9-13-32-36(16-14-33(38)39)28-11-7-24(2)19-30(28)41-32/h6-13,17-20H,5,14-16,21-22H2,1-4H3/p+1. The van der Waals surface area contributed by atoms with Crippen LogP contribution in [0.15, 0.2) is 81.8 Å². The molecule has 212 valence electrons. The molecule has 0 bridgehead atoms. The predicted molar refractivity (Wildman–Crippen MR) is 170 cm³/mol. The van der Waals surface area contributed by atoms with E-state index < -0.39 is 5.97 Å². The number of aryl methyl sites for hydroxylation is 3. The zero-order valence-corrected chi connectivity index (χ0v) is 25.8. The third-order valence-electron chi connectivity index (χ3n) is 7.41. The van der Waals surface area contributed by atoms with Crippen LogP contribution in [0.5, 0.6) is 0 Å². The Labute approximate surface area is 250 Å². The molecule has 0 fully saturated rings. The minimum atomic E-state index is -0.789. The van der Waals surface area contributed by atoms with E-state index in [2.05, 4.69) is 104 Å². The van der Waals surface area contributed by atoms with Crippen molar-refractivity contribution < 1.29 is 19.3 Å². The second-order valence-electron chi connectivity index (χ2n) is 11.7. The van der Waals surface area contributed by atoms with Gasteiger partial charge in [-0.2, -0.15) is 4.57 Å². The molecule has 0 atom stereocenters. The lowest BCUT2D eigenvalue weighted by Crippen LogP contribution is -2.35. The minimum absolute atomic E-state index is 0.0911. The predicted octanol–water partition coefficient (Wildman–Crippen LogP) is 8.01. The summed E-state index contributed by atoms with van der Waals surface area (Å²) in [5.74, 6) is -0.789. The maximum atomic E-state index is 11.3. The molecule has 0 radical (unpaired) electrons. The molecule has 41 heavy (non-hydrogen) atoms. The fourth-order valence-electron chi connectivity index (χ4n) is 5.60. The quantitative estimate of drug-likeness (QED) is 0.204. The van der Waals surface area contributed by atoms with E-state index in [1.54, 1.807) is 23.1 Å². The molecule has 1 N–H and O–H groups in total. The van der Waals surface area contributed by atoms with Crippen LogP contribution in [-0.4, -0.2) is 23.9 Å². The molecule has 2 heterocycles. The van der Waals surface area contributed by atoms with Crippen molar-refractivity contribution in [3.8, 4) is 0 Å². The highest BCUT2D eigenvalue weighted by Gasteiger charge is 2.27. The number of allylic oxidation sites excluding steroid dienone is 6. The van der Waals surface area contributed by atoms with Gasteiger partial charge in [0.15, 0.2) is 6.54 Å². The van der Waals surface area contributed by atoms with Crippen LogP contribution < -0.4 is 9.47 Å². The fourth-order valence-corrected chi connectivity index (χ4v) is 7.98. The van der Waals surface area contributed by atoms with Crippen LogP contribution in [0.4, 0.5) is 5.69 Å². The Morgan fingerprint density at radius 2 is 1.85 bits per heavy atom. The fraction of sp³-hybridized carbons (Fsp3) is 0.324. The molecule has 5 rings (SSSR count). The molecule has 1 aliphatic carbocycles. The van der Waals surface area contributed by atoms with Crippen molar-refractivity contribution in [2.75, 3.05) is 11.4 Å². The second-order valence-corrected chi connectivity index (χ2v) is 13.8. The third-order valence-corrected chi connectivity index (χ3v) is 9.63. The van der Waals surface area contributed by atoms with Crippen molar-refractivity contribution in [1.82, 2.24) is 0 Å². The number of thiazole rings is 1. The number of hydrogen-bond donors (Lipinski definition) is 1. The third kappa shape index (κ3) is 6.91. The van der Waals surface area contributed by atoms with E-state index in [0.717, 1.165) is 34.9 Å². The molecule has 0 saturated carbocycles.